The molecule has 0 spiro atoms. The molecule has 3 nitrogen and oxygen atoms in total. The minimum atomic E-state index is -4.52. The van der Waals surface area contributed by atoms with E-state index in [2.05, 4.69) is 10.2 Å². The molecule has 1 aromatic heterocycles. The van der Waals surface area contributed by atoms with Crippen molar-refractivity contribution in [2.75, 3.05) is 0 Å². The maximum Gasteiger partial charge on any atom is 0.450 e. The number of hydrogen-bond acceptors (Lipinski definition) is 4. The van der Waals surface area contributed by atoms with Gasteiger partial charge in [-0.2, -0.15) is 13.2 Å². The van der Waals surface area contributed by atoms with Gasteiger partial charge in [0.25, 0.3) is 11.1 Å². The van der Waals surface area contributed by atoms with E-state index in [9.17, 15) is 13.2 Å². The lowest BCUT2D eigenvalue weighted by Crippen LogP contribution is -1.98. The Morgan fingerprint density at radius 2 is 1.63 bits per heavy atom. The van der Waals surface area contributed by atoms with Crippen molar-refractivity contribution < 1.29 is 17.6 Å². The highest BCUT2D eigenvalue weighted by Gasteiger charge is 2.33. The molecule has 0 fully saturated rings. The number of benzene rings is 1. The molecule has 0 saturated heterocycles. The summed E-state index contributed by atoms with van der Waals surface area (Å²) in [6.07, 6.45) is 0. The van der Waals surface area contributed by atoms with E-state index in [-0.39, 0.29) is 26.5 Å². The number of aromatic nitrogens is 2. The lowest BCUT2D eigenvalue weighted by atomic mass is 10.2. The van der Waals surface area contributed by atoms with E-state index in [4.69, 9.17) is 39.2 Å². The number of alkyl halides is 3. The normalized spacial score (nSPS) is 11.9. The minimum Gasteiger partial charge on any atom is -0.411 e. The second-order valence-corrected chi connectivity index (χ2v) is 5.43. The zero-order valence-electron chi connectivity index (χ0n) is 8.63. The van der Waals surface area contributed by atoms with E-state index in [1.165, 1.54) is 12.1 Å². The third-order valence-corrected chi connectivity index (χ3v) is 3.22. The monoisotopic (exact) mass is 348 g/mol. The Kier molecular flexibility index (Phi) is 4.20. The summed E-state index contributed by atoms with van der Waals surface area (Å²) in [7, 11) is 0. The molecule has 0 N–H and O–H groups in total. The van der Waals surface area contributed by atoms with Crippen LogP contribution in [0.1, 0.15) is 0 Å². The number of rotatable bonds is 2. The van der Waals surface area contributed by atoms with Gasteiger partial charge < -0.3 is 4.42 Å². The van der Waals surface area contributed by atoms with E-state index in [1.807, 2.05) is 0 Å². The summed E-state index contributed by atoms with van der Waals surface area (Å²) in [4.78, 5) is 0. The lowest BCUT2D eigenvalue weighted by molar-refractivity contribution is -0.0337. The quantitative estimate of drug-likeness (QED) is 0.689. The van der Waals surface area contributed by atoms with E-state index >= 15 is 0 Å². The molecule has 0 aliphatic carbocycles. The molecule has 0 amide bonds. The van der Waals surface area contributed by atoms with Crippen molar-refractivity contribution in [3.63, 3.8) is 0 Å². The van der Waals surface area contributed by atoms with Crippen LogP contribution in [0.25, 0.3) is 11.5 Å². The van der Waals surface area contributed by atoms with E-state index in [0.717, 1.165) is 0 Å². The molecule has 10 heteroatoms. The van der Waals surface area contributed by atoms with Gasteiger partial charge in [0.15, 0.2) is 0 Å². The van der Waals surface area contributed by atoms with Gasteiger partial charge in [0.2, 0.25) is 0 Å². The van der Waals surface area contributed by atoms with E-state index in [0.29, 0.717) is 0 Å². The predicted molar refractivity (Wildman–Crippen MR) is 66.7 cm³/mol. The third kappa shape index (κ3) is 3.68. The van der Waals surface area contributed by atoms with Gasteiger partial charge in [-0.25, -0.2) is 0 Å². The molecule has 0 atom stereocenters. The first-order chi connectivity index (χ1) is 8.76. The highest BCUT2D eigenvalue weighted by Crippen LogP contribution is 2.40. The van der Waals surface area contributed by atoms with Crippen molar-refractivity contribution in [1.29, 1.82) is 0 Å². The van der Waals surface area contributed by atoms with Crippen LogP contribution in [-0.4, -0.2) is 15.7 Å². The van der Waals surface area contributed by atoms with E-state index < -0.39 is 22.5 Å². The highest BCUT2D eigenvalue weighted by molar-refractivity contribution is 7.99. The summed E-state index contributed by atoms with van der Waals surface area (Å²) in [6, 6.07) is 2.73. The van der Waals surface area contributed by atoms with Crippen LogP contribution in [0, 0.1) is 0 Å². The molecule has 1 aromatic carbocycles. The number of halogens is 6. The molecule has 0 aliphatic heterocycles. The maximum atomic E-state index is 12.1. The standard InChI is InChI=1S/C9H2Cl3F3N2OS/c10-3-1-4(11)6(5(12)2-3)7-16-17-8(18-7)19-9(13,14)15/h1-2H. The van der Waals surface area contributed by atoms with Gasteiger partial charge in [-0.15, -0.1) is 10.2 Å². The van der Waals surface area contributed by atoms with Crippen LogP contribution in [0.15, 0.2) is 21.8 Å². The van der Waals surface area contributed by atoms with Gasteiger partial charge >= 0.3 is 5.51 Å². The zero-order chi connectivity index (χ0) is 14.2. The van der Waals surface area contributed by atoms with Crippen LogP contribution >= 0.6 is 46.6 Å². The smallest absolute Gasteiger partial charge is 0.411 e. The SMILES string of the molecule is FC(F)(F)Sc1nnc(-c2c(Cl)cc(Cl)cc2Cl)o1. The fraction of sp³-hybridized carbons (Fsp3) is 0.111. The average molecular weight is 350 g/mol. The molecule has 0 saturated carbocycles. The Balaban J connectivity index is 2.39. The molecule has 0 unspecified atom stereocenters. The zero-order valence-corrected chi connectivity index (χ0v) is 11.7. The predicted octanol–water partition coefficient (Wildman–Crippen LogP) is 5.31. The summed E-state index contributed by atoms with van der Waals surface area (Å²) in [6.45, 7) is 0. The molecule has 0 radical (unpaired) electrons. The van der Waals surface area contributed by atoms with E-state index in [1.54, 1.807) is 0 Å². The average Bonchev–Trinajstić information content (AvgIpc) is 2.61. The second-order valence-electron chi connectivity index (χ2n) is 3.17. The Morgan fingerprint density at radius 3 is 2.16 bits per heavy atom. The van der Waals surface area contributed by atoms with Crippen LogP contribution in [-0.2, 0) is 0 Å². The van der Waals surface area contributed by atoms with Crippen LogP contribution in [0.2, 0.25) is 15.1 Å². The Bertz CT molecular complexity index is 594. The van der Waals surface area contributed by atoms with Gasteiger partial charge in [-0.1, -0.05) is 34.8 Å². The van der Waals surface area contributed by atoms with Gasteiger partial charge in [0.05, 0.1) is 15.6 Å². The van der Waals surface area contributed by atoms with Gasteiger partial charge in [-0.05, 0) is 12.1 Å². The van der Waals surface area contributed by atoms with Crippen LogP contribution in [0.5, 0.6) is 0 Å². The molecule has 102 valence electrons. The number of nitrogens with zero attached hydrogens (tertiary/aromatic N) is 2. The molecule has 2 aromatic rings. The number of thioether (sulfide) groups is 1. The summed E-state index contributed by atoms with van der Waals surface area (Å²) in [5.41, 5.74) is -4.38. The molecule has 0 aliphatic rings. The van der Waals surface area contributed by atoms with Gasteiger partial charge in [0, 0.05) is 16.8 Å². The molecular weight excluding hydrogens is 348 g/mol. The third-order valence-electron chi connectivity index (χ3n) is 1.83. The first-order valence-corrected chi connectivity index (χ1v) is 6.45. The van der Waals surface area contributed by atoms with Crippen LogP contribution in [0.3, 0.4) is 0 Å². The fourth-order valence-corrected chi connectivity index (χ4v) is 2.58. The molecular formula is C9H2Cl3F3N2OS. The molecule has 19 heavy (non-hydrogen) atoms. The summed E-state index contributed by atoms with van der Waals surface area (Å²) in [5.74, 6) is -0.210. The molecule has 1 heterocycles. The largest absolute Gasteiger partial charge is 0.450 e. The Morgan fingerprint density at radius 1 is 1.05 bits per heavy atom. The molecule has 2 rings (SSSR count). The first kappa shape index (κ1) is 14.8. The maximum absolute atomic E-state index is 12.1. The minimum absolute atomic E-state index is 0.102. The topological polar surface area (TPSA) is 38.9 Å². The second kappa shape index (κ2) is 5.40. The van der Waals surface area contributed by atoms with Gasteiger partial charge in [-0.3, -0.25) is 0 Å². The van der Waals surface area contributed by atoms with Crippen molar-refractivity contribution >= 4 is 46.6 Å². The Hall–Kier alpha value is -0.630. The van der Waals surface area contributed by atoms with Crippen molar-refractivity contribution in [2.24, 2.45) is 0 Å². The van der Waals surface area contributed by atoms with Crippen molar-refractivity contribution in [3.8, 4) is 11.5 Å². The summed E-state index contributed by atoms with van der Waals surface area (Å²) in [5, 5.41) is 6.57. The summed E-state index contributed by atoms with van der Waals surface area (Å²) >= 11 is 17.0. The van der Waals surface area contributed by atoms with Gasteiger partial charge in [0.1, 0.15) is 0 Å². The lowest BCUT2D eigenvalue weighted by Gasteiger charge is -2.03. The van der Waals surface area contributed by atoms with Crippen molar-refractivity contribution in [2.45, 2.75) is 10.7 Å². The Labute approximate surface area is 124 Å². The van der Waals surface area contributed by atoms with Crippen LogP contribution < -0.4 is 0 Å². The molecule has 0 bridgehead atoms. The van der Waals surface area contributed by atoms with Crippen molar-refractivity contribution in [1.82, 2.24) is 10.2 Å². The number of hydrogen-bond donors (Lipinski definition) is 0. The fourth-order valence-electron chi connectivity index (χ4n) is 1.20. The van der Waals surface area contributed by atoms with Crippen LogP contribution in [0.4, 0.5) is 13.2 Å². The summed E-state index contributed by atoms with van der Waals surface area (Å²) < 4.78 is 41.2. The van der Waals surface area contributed by atoms with Crippen molar-refractivity contribution in [3.05, 3.63) is 27.2 Å². The highest BCUT2D eigenvalue weighted by atomic mass is 35.5. The first-order valence-electron chi connectivity index (χ1n) is 4.50.